The Balaban J connectivity index is 2.11. The summed E-state index contributed by atoms with van der Waals surface area (Å²) < 4.78 is 6.56. The Bertz CT molecular complexity index is 588. The molecule has 2 aromatic rings. The number of carbonyl (C=O) groups is 1. The molecule has 0 radical (unpaired) electrons. The van der Waals surface area contributed by atoms with E-state index in [0.717, 1.165) is 11.3 Å². The second-order valence-electron chi connectivity index (χ2n) is 4.43. The van der Waals surface area contributed by atoms with Gasteiger partial charge in [-0.05, 0) is 24.6 Å². The number of aryl methyl sites for hydroxylation is 1. The van der Waals surface area contributed by atoms with Crippen LogP contribution in [0.3, 0.4) is 0 Å². The number of halogens is 1. The van der Waals surface area contributed by atoms with E-state index in [9.17, 15) is 4.79 Å². The summed E-state index contributed by atoms with van der Waals surface area (Å²) in [5, 5.41) is 7.18. The largest absolute Gasteiger partial charge is 0.497 e. The summed E-state index contributed by atoms with van der Waals surface area (Å²) in [5.41, 5.74) is 1.34. The number of carbonyl (C=O) groups excluding carboxylic acids is 1. The third kappa shape index (κ3) is 2.93. The van der Waals surface area contributed by atoms with Crippen LogP contribution >= 0.6 is 11.6 Å². The summed E-state index contributed by atoms with van der Waals surface area (Å²) in [5.74, 6) is 0.528. The Morgan fingerprint density at radius 1 is 1.40 bits per heavy atom. The number of hydrogen-bond acceptors (Lipinski definition) is 3. The van der Waals surface area contributed by atoms with E-state index in [1.54, 1.807) is 14.2 Å². The molecule has 1 amide bonds. The Morgan fingerprint density at radius 2 is 2.05 bits per heavy atom. The Hall–Kier alpha value is -2.01. The fourth-order valence-corrected chi connectivity index (χ4v) is 2.16. The van der Waals surface area contributed by atoms with Crippen molar-refractivity contribution in [2.45, 2.75) is 13.0 Å². The monoisotopic (exact) mass is 293 g/mol. The van der Waals surface area contributed by atoms with Gasteiger partial charge in [0, 0.05) is 7.05 Å². The van der Waals surface area contributed by atoms with Crippen molar-refractivity contribution in [1.82, 2.24) is 15.1 Å². The normalized spacial score (nSPS) is 12.0. The molecule has 2 rings (SSSR count). The zero-order valence-electron chi connectivity index (χ0n) is 11.6. The number of rotatable bonds is 4. The van der Waals surface area contributed by atoms with Gasteiger partial charge in [-0.1, -0.05) is 23.7 Å². The zero-order chi connectivity index (χ0) is 14.7. The number of aromatic nitrogens is 2. The van der Waals surface area contributed by atoms with Crippen molar-refractivity contribution < 1.29 is 9.53 Å². The summed E-state index contributed by atoms with van der Waals surface area (Å²) in [6.07, 6.45) is 1.45. The lowest BCUT2D eigenvalue weighted by atomic mass is 10.1. The van der Waals surface area contributed by atoms with E-state index in [2.05, 4.69) is 10.4 Å². The van der Waals surface area contributed by atoms with E-state index in [-0.39, 0.29) is 11.9 Å². The first-order valence-corrected chi connectivity index (χ1v) is 6.53. The van der Waals surface area contributed by atoms with Crippen molar-refractivity contribution in [3.63, 3.8) is 0 Å². The van der Waals surface area contributed by atoms with Crippen LogP contribution in [0.15, 0.2) is 30.5 Å². The van der Waals surface area contributed by atoms with Gasteiger partial charge in [0.25, 0.3) is 5.91 Å². The zero-order valence-corrected chi connectivity index (χ0v) is 12.3. The topological polar surface area (TPSA) is 56.1 Å². The number of hydrogen-bond donors (Lipinski definition) is 1. The molecule has 0 spiro atoms. The third-order valence-electron chi connectivity index (χ3n) is 3.07. The highest BCUT2D eigenvalue weighted by atomic mass is 35.5. The maximum atomic E-state index is 12.2. The molecule has 0 saturated heterocycles. The average molecular weight is 294 g/mol. The fourth-order valence-electron chi connectivity index (χ4n) is 1.91. The molecule has 1 aromatic carbocycles. The highest BCUT2D eigenvalue weighted by Gasteiger charge is 2.18. The quantitative estimate of drug-likeness (QED) is 0.942. The number of nitrogens with zero attached hydrogens (tertiary/aromatic N) is 2. The number of methoxy groups -OCH3 is 1. The molecule has 106 valence electrons. The lowest BCUT2D eigenvalue weighted by Crippen LogP contribution is -2.28. The van der Waals surface area contributed by atoms with E-state index in [4.69, 9.17) is 16.3 Å². The van der Waals surface area contributed by atoms with Crippen LogP contribution in [0.25, 0.3) is 0 Å². The van der Waals surface area contributed by atoms with E-state index in [1.165, 1.54) is 10.9 Å². The molecule has 0 aliphatic rings. The van der Waals surface area contributed by atoms with Gasteiger partial charge in [-0.3, -0.25) is 9.48 Å². The molecule has 20 heavy (non-hydrogen) atoms. The minimum Gasteiger partial charge on any atom is -0.497 e. The lowest BCUT2D eigenvalue weighted by Gasteiger charge is -2.15. The van der Waals surface area contributed by atoms with Gasteiger partial charge in [-0.15, -0.1) is 0 Å². The van der Waals surface area contributed by atoms with Crippen LogP contribution < -0.4 is 10.1 Å². The number of ether oxygens (including phenoxy) is 1. The molecular weight excluding hydrogens is 278 g/mol. The molecule has 1 atom stereocenters. The molecular formula is C14H16ClN3O2. The lowest BCUT2D eigenvalue weighted by molar-refractivity contribution is 0.0930. The van der Waals surface area contributed by atoms with Crippen LogP contribution in [0.2, 0.25) is 5.02 Å². The van der Waals surface area contributed by atoms with Crippen LogP contribution in [0.4, 0.5) is 0 Å². The van der Waals surface area contributed by atoms with Crippen molar-refractivity contribution in [2.75, 3.05) is 7.11 Å². The summed E-state index contributed by atoms with van der Waals surface area (Å²) in [6.45, 7) is 1.91. The Labute approximate surface area is 122 Å². The molecule has 1 unspecified atom stereocenters. The van der Waals surface area contributed by atoms with Gasteiger partial charge in [0.1, 0.15) is 11.4 Å². The first kappa shape index (κ1) is 14.4. The average Bonchev–Trinajstić information content (AvgIpc) is 2.78. The van der Waals surface area contributed by atoms with E-state index < -0.39 is 0 Å². The minimum atomic E-state index is -0.252. The molecule has 0 bridgehead atoms. The predicted octanol–water partition coefficient (Wildman–Crippen LogP) is 2.57. The van der Waals surface area contributed by atoms with Gasteiger partial charge in [-0.25, -0.2) is 0 Å². The molecule has 0 saturated carbocycles. The van der Waals surface area contributed by atoms with Gasteiger partial charge in [0.2, 0.25) is 0 Å². The maximum Gasteiger partial charge on any atom is 0.271 e. The van der Waals surface area contributed by atoms with E-state index in [1.807, 2.05) is 31.2 Å². The molecule has 5 nitrogen and oxygen atoms in total. The fraction of sp³-hybridized carbons (Fsp3) is 0.286. The second kappa shape index (κ2) is 5.96. The highest BCUT2D eigenvalue weighted by Crippen LogP contribution is 2.19. The summed E-state index contributed by atoms with van der Waals surface area (Å²) in [4.78, 5) is 12.2. The molecule has 1 aromatic heterocycles. The smallest absolute Gasteiger partial charge is 0.271 e. The summed E-state index contributed by atoms with van der Waals surface area (Å²) in [7, 11) is 3.30. The van der Waals surface area contributed by atoms with Gasteiger partial charge >= 0.3 is 0 Å². The predicted molar refractivity (Wildman–Crippen MR) is 77.1 cm³/mol. The molecule has 1 N–H and O–H groups in total. The maximum absolute atomic E-state index is 12.2. The minimum absolute atomic E-state index is 0.139. The van der Waals surface area contributed by atoms with Gasteiger partial charge < -0.3 is 10.1 Å². The van der Waals surface area contributed by atoms with Crippen molar-refractivity contribution >= 4 is 17.5 Å². The SMILES string of the molecule is COc1ccc(C(C)NC(=O)c2c(Cl)cnn2C)cc1. The first-order valence-electron chi connectivity index (χ1n) is 6.15. The summed E-state index contributed by atoms with van der Waals surface area (Å²) in [6, 6.07) is 7.40. The molecule has 0 fully saturated rings. The van der Waals surface area contributed by atoms with Gasteiger partial charge in [0.15, 0.2) is 0 Å². The van der Waals surface area contributed by atoms with Crippen LogP contribution in [0, 0.1) is 0 Å². The van der Waals surface area contributed by atoms with Crippen LogP contribution in [0.5, 0.6) is 5.75 Å². The van der Waals surface area contributed by atoms with Crippen molar-refractivity contribution in [3.05, 3.63) is 46.7 Å². The second-order valence-corrected chi connectivity index (χ2v) is 4.84. The summed E-state index contributed by atoms with van der Waals surface area (Å²) >= 11 is 5.95. The van der Waals surface area contributed by atoms with Crippen LogP contribution in [-0.4, -0.2) is 22.8 Å². The first-order chi connectivity index (χ1) is 9.52. The van der Waals surface area contributed by atoms with Crippen molar-refractivity contribution in [2.24, 2.45) is 7.05 Å². The molecule has 6 heteroatoms. The Kier molecular flexibility index (Phi) is 4.29. The number of amides is 1. The third-order valence-corrected chi connectivity index (χ3v) is 3.35. The highest BCUT2D eigenvalue weighted by molar-refractivity contribution is 6.33. The van der Waals surface area contributed by atoms with Crippen LogP contribution in [-0.2, 0) is 7.05 Å². The molecule has 1 heterocycles. The number of nitrogens with one attached hydrogen (secondary N) is 1. The van der Waals surface area contributed by atoms with Crippen molar-refractivity contribution in [3.8, 4) is 5.75 Å². The number of benzene rings is 1. The van der Waals surface area contributed by atoms with Crippen LogP contribution in [0.1, 0.15) is 29.0 Å². The standard InChI is InChI=1S/C14H16ClN3O2/c1-9(10-4-6-11(20-3)7-5-10)17-14(19)13-12(15)8-16-18(13)2/h4-9H,1-3H3,(H,17,19). The van der Waals surface area contributed by atoms with Gasteiger partial charge in [0.05, 0.1) is 24.4 Å². The van der Waals surface area contributed by atoms with E-state index in [0.29, 0.717) is 10.7 Å². The molecule has 0 aliphatic carbocycles. The van der Waals surface area contributed by atoms with Gasteiger partial charge in [-0.2, -0.15) is 5.10 Å². The van der Waals surface area contributed by atoms with E-state index >= 15 is 0 Å². The van der Waals surface area contributed by atoms with Crippen molar-refractivity contribution in [1.29, 1.82) is 0 Å². The Morgan fingerprint density at radius 3 is 2.55 bits per heavy atom. The molecule has 0 aliphatic heterocycles.